The van der Waals surface area contributed by atoms with Gasteiger partial charge in [0.05, 0.1) is 0 Å². The molecule has 0 N–H and O–H groups in total. The van der Waals surface area contributed by atoms with E-state index in [1.54, 1.807) is 0 Å². The molecule has 0 amide bonds. The van der Waals surface area contributed by atoms with Gasteiger partial charge in [-0.15, -0.1) is 0 Å². The van der Waals surface area contributed by atoms with Gasteiger partial charge in [-0.2, -0.15) is 85.8 Å². The number of hydrogen-bond donors (Lipinski definition) is 4. The number of hydrogen-bond acceptors (Lipinski definition) is 7. The van der Waals surface area contributed by atoms with E-state index in [-0.39, 0.29) is 0 Å². The average Bonchev–Trinajstić information content (AvgIpc) is 2.30. The first-order valence-electron chi connectivity index (χ1n) is 5.51. The molecule has 0 aromatic rings. The first kappa shape index (κ1) is 19.4. The standard InChI is InChI=1S/C10H22S7/c11-1-3-15-5-9(13)7-17-8-10(14)6-16-4-2-12/h9-14H,1-8H2. The molecule has 0 aliphatic carbocycles. The molecule has 0 fully saturated rings. The Bertz CT molecular complexity index is 140. The summed E-state index contributed by atoms with van der Waals surface area (Å²) in [5.41, 5.74) is 0. The molecule has 17 heavy (non-hydrogen) atoms. The maximum absolute atomic E-state index is 4.58. The molecule has 0 aliphatic heterocycles. The van der Waals surface area contributed by atoms with Crippen molar-refractivity contribution >= 4 is 85.8 Å². The van der Waals surface area contributed by atoms with Gasteiger partial charge in [0.2, 0.25) is 0 Å². The zero-order valence-electron chi connectivity index (χ0n) is 9.83. The van der Waals surface area contributed by atoms with Gasteiger partial charge < -0.3 is 0 Å². The van der Waals surface area contributed by atoms with Gasteiger partial charge in [-0.25, -0.2) is 0 Å². The Morgan fingerprint density at radius 3 is 1.35 bits per heavy atom. The van der Waals surface area contributed by atoms with Gasteiger partial charge in [0.15, 0.2) is 0 Å². The van der Waals surface area contributed by atoms with Crippen molar-refractivity contribution in [3.05, 3.63) is 0 Å². The van der Waals surface area contributed by atoms with E-state index in [4.69, 9.17) is 0 Å². The minimum Gasteiger partial charge on any atom is -0.179 e. The van der Waals surface area contributed by atoms with E-state index in [9.17, 15) is 0 Å². The second kappa shape index (κ2) is 14.9. The van der Waals surface area contributed by atoms with E-state index >= 15 is 0 Å². The fraction of sp³-hybridized carbons (Fsp3) is 1.00. The van der Waals surface area contributed by atoms with E-state index in [0.29, 0.717) is 10.5 Å². The Labute approximate surface area is 141 Å². The maximum Gasteiger partial charge on any atom is 0.0198 e. The average molecular weight is 367 g/mol. The fourth-order valence-corrected chi connectivity index (χ4v) is 5.63. The Balaban J connectivity index is 3.29. The lowest BCUT2D eigenvalue weighted by molar-refractivity contribution is 1.13. The molecular weight excluding hydrogens is 345 g/mol. The monoisotopic (exact) mass is 366 g/mol. The lowest BCUT2D eigenvalue weighted by Gasteiger charge is -2.12. The molecule has 0 aromatic carbocycles. The number of thioether (sulfide) groups is 3. The molecule has 0 saturated heterocycles. The van der Waals surface area contributed by atoms with E-state index in [1.807, 2.05) is 35.3 Å². The third kappa shape index (κ3) is 14.7. The van der Waals surface area contributed by atoms with Gasteiger partial charge in [-0.3, -0.25) is 0 Å². The van der Waals surface area contributed by atoms with Gasteiger partial charge >= 0.3 is 0 Å². The van der Waals surface area contributed by atoms with Crippen LogP contribution < -0.4 is 0 Å². The summed E-state index contributed by atoms with van der Waals surface area (Å²) >= 11 is 23.4. The SMILES string of the molecule is SCCSCC(S)CSCC(S)CSCCS. The summed E-state index contributed by atoms with van der Waals surface area (Å²) in [6, 6.07) is 0. The van der Waals surface area contributed by atoms with Crippen molar-refractivity contribution in [2.24, 2.45) is 0 Å². The summed E-state index contributed by atoms with van der Waals surface area (Å²) in [5.74, 6) is 8.66. The highest BCUT2D eigenvalue weighted by Crippen LogP contribution is 2.18. The van der Waals surface area contributed by atoms with Crippen molar-refractivity contribution in [1.29, 1.82) is 0 Å². The van der Waals surface area contributed by atoms with Crippen LogP contribution in [0.2, 0.25) is 0 Å². The van der Waals surface area contributed by atoms with Crippen molar-refractivity contribution in [3.8, 4) is 0 Å². The molecule has 0 rings (SSSR count). The quantitative estimate of drug-likeness (QED) is 0.308. The smallest absolute Gasteiger partial charge is 0.0198 e. The minimum absolute atomic E-state index is 0.496. The highest BCUT2D eigenvalue weighted by atomic mass is 32.2. The minimum atomic E-state index is 0.496. The molecule has 0 radical (unpaired) electrons. The lowest BCUT2D eigenvalue weighted by Crippen LogP contribution is -2.12. The summed E-state index contributed by atoms with van der Waals surface area (Å²) in [4.78, 5) is 0. The van der Waals surface area contributed by atoms with E-state index in [1.165, 1.54) is 0 Å². The Kier molecular flexibility index (Phi) is 17.0. The highest BCUT2D eigenvalue weighted by molar-refractivity contribution is 8.03. The van der Waals surface area contributed by atoms with Gasteiger partial charge in [-0.1, -0.05) is 0 Å². The number of thiol groups is 4. The van der Waals surface area contributed by atoms with Crippen LogP contribution in [0.4, 0.5) is 0 Å². The van der Waals surface area contributed by atoms with Crippen molar-refractivity contribution < 1.29 is 0 Å². The predicted molar refractivity (Wildman–Crippen MR) is 105 cm³/mol. The summed E-state index contributed by atoms with van der Waals surface area (Å²) in [6.45, 7) is 0. The van der Waals surface area contributed by atoms with Crippen LogP contribution in [0.25, 0.3) is 0 Å². The summed E-state index contributed by atoms with van der Waals surface area (Å²) in [6.07, 6.45) is 0. The van der Waals surface area contributed by atoms with Crippen LogP contribution in [0.5, 0.6) is 0 Å². The molecule has 104 valence electrons. The third-order valence-corrected chi connectivity index (χ3v) is 8.02. The van der Waals surface area contributed by atoms with Crippen LogP contribution in [0.3, 0.4) is 0 Å². The van der Waals surface area contributed by atoms with Crippen LogP contribution in [0.15, 0.2) is 0 Å². The second-order valence-corrected chi connectivity index (χ2v) is 9.17. The van der Waals surface area contributed by atoms with Gasteiger partial charge in [0.1, 0.15) is 0 Å². The summed E-state index contributed by atoms with van der Waals surface area (Å²) < 4.78 is 0. The lowest BCUT2D eigenvalue weighted by atomic mass is 10.5. The van der Waals surface area contributed by atoms with E-state index in [2.05, 4.69) is 50.5 Å². The zero-order valence-corrected chi connectivity index (χ0v) is 15.9. The normalized spacial score (nSPS) is 14.8. The zero-order chi connectivity index (χ0) is 12.9. The second-order valence-electron chi connectivity index (χ2n) is 3.44. The first-order valence-corrected chi connectivity index (χ1v) is 11.3. The molecule has 7 heteroatoms. The molecule has 0 bridgehead atoms. The van der Waals surface area contributed by atoms with Crippen molar-refractivity contribution in [2.75, 3.05) is 46.0 Å². The van der Waals surface area contributed by atoms with Crippen molar-refractivity contribution in [3.63, 3.8) is 0 Å². The van der Waals surface area contributed by atoms with Crippen molar-refractivity contribution in [1.82, 2.24) is 0 Å². The molecule has 0 aromatic heterocycles. The fourth-order valence-electron chi connectivity index (χ4n) is 1.00. The molecular formula is C10H22S7. The molecule has 0 nitrogen and oxygen atoms in total. The van der Waals surface area contributed by atoms with Crippen LogP contribution in [-0.4, -0.2) is 56.5 Å². The topological polar surface area (TPSA) is 0 Å². The molecule has 2 unspecified atom stereocenters. The largest absolute Gasteiger partial charge is 0.179 e. The summed E-state index contributed by atoms with van der Waals surface area (Å²) in [7, 11) is 0. The molecule has 0 aliphatic rings. The van der Waals surface area contributed by atoms with Crippen molar-refractivity contribution in [2.45, 2.75) is 10.5 Å². The number of rotatable bonds is 12. The van der Waals surface area contributed by atoms with Gasteiger partial charge in [-0.05, 0) is 11.5 Å². The maximum atomic E-state index is 4.58. The Morgan fingerprint density at radius 1 is 0.647 bits per heavy atom. The predicted octanol–water partition coefficient (Wildman–Crippen LogP) is 3.64. The van der Waals surface area contributed by atoms with Crippen LogP contribution in [-0.2, 0) is 0 Å². The molecule has 0 heterocycles. The van der Waals surface area contributed by atoms with E-state index in [0.717, 1.165) is 46.0 Å². The Morgan fingerprint density at radius 2 is 1.00 bits per heavy atom. The summed E-state index contributed by atoms with van der Waals surface area (Å²) in [5, 5.41) is 0.992. The first-order chi connectivity index (χ1) is 8.20. The van der Waals surface area contributed by atoms with Crippen LogP contribution >= 0.6 is 85.8 Å². The molecule has 0 spiro atoms. The van der Waals surface area contributed by atoms with Gasteiger partial charge in [0.25, 0.3) is 0 Å². The van der Waals surface area contributed by atoms with E-state index < -0.39 is 0 Å². The highest BCUT2D eigenvalue weighted by Gasteiger charge is 2.07. The third-order valence-electron chi connectivity index (χ3n) is 1.71. The van der Waals surface area contributed by atoms with Crippen LogP contribution in [0, 0.1) is 0 Å². The van der Waals surface area contributed by atoms with Crippen LogP contribution in [0.1, 0.15) is 0 Å². The molecule has 0 saturated carbocycles. The van der Waals surface area contributed by atoms with Gasteiger partial charge in [0, 0.05) is 45.0 Å². The Hall–Kier alpha value is 2.45. The molecule has 2 atom stereocenters.